The number of carbonyl (C=O) groups is 1. The molecule has 2 N–H and O–H groups in total. The molecule has 1 aliphatic heterocycles. The maximum Gasteiger partial charge on any atom is 0.252 e. The van der Waals surface area contributed by atoms with Crippen LogP contribution in [-0.2, 0) is 9.53 Å². The molecular formula is C27H31N7O2S. The van der Waals surface area contributed by atoms with E-state index < -0.39 is 0 Å². The molecule has 4 rings (SSSR count). The molecule has 1 fully saturated rings. The van der Waals surface area contributed by atoms with Gasteiger partial charge in [0.15, 0.2) is 11.6 Å². The van der Waals surface area contributed by atoms with Crippen LogP contribution in [0, 0.1) is 0 Å². The molecule has 3 aromatic rings. The van der Waals surface area contributed by atoms with Crippen LogP contribution in [0.1, 0.15) is 30.3 Å². The first kappa shape index (κ1) is 26.2. The molecule has 0 saturated carbocycles. The van der Waals surface area contributed by atoms with E-state index in [0.29, 0.717) is 24.6 Å². The van der Waals surface area contributed by atoms with Crippen LogP contribution in [0.3, 0.4) is 0 Å². The van der Waals surface area contributed by atoms with Gasteiger partial charge in [0.2, 0.25) is 0 Å². The van der Waals surface area contributed by atoms with E-state index in [1.54, 1.807) is 36.9 Å². The molecule has 1 aromatic carbocycles. The number of nitrogens with zero attached hydrogens (tertiary/aromatic N) is 5. The van der Waals surface area contributed by atoms with E-state index in [0.717, 1.165) is 45.1 Å². The molecule has 1 aliphatic rings. The van der Waals surface area contributed by atoms with Crippen molar-refractivity contribution in [2.75, 3.05) is 38.3 Å². The molecule has 1 amide bonds. The number of rotatable bonds is 9. The van der Waals surface area contributed by atoms with Gasteiger partial charge in [-0.15, -0.1) is 11.3 Å². The van der Waals surface area contributed by atoms with Crippen LogP contribution in [0.4, 0.5) is 5.82 Å². The Labute approximate surface area is 220 Å². The van der Waals surface area contributed by atoms with Crippen LogP contribution < -0.4 is 15.6 Å². The maximum absolute atomic E-state index is 12.6. The molecule has 2 aromatic heterocycles. The highest BCUT2D eigenvalue weighted by molar-refractivity contribution is 7.19. The van der Waals surface area contributed by atoms with Crippen molar-refractivity contribution in [1.29, 1.82) is 0 Å². The summed E-state index contributed by atoms with van der Waals surface area (Å²) in [6.45, 7) is 10.4. The van der Waals surface area contributed by atoms with Gasteiger partial charge in [0.25, 0.3) is 5.91 Å². The zero-order chi connectivity index (χ0) is 26.2. The highest BCUT2D eigenvalue weighted by atomic mass is 32.1. The number of benzene rings is 1. The first-order chi connectivity index (χ1) is 18.0. The number of anilines is 1. The number of allylic oxidation sites excluding steroid dienone is 1. The normalized spacial score (nSPS) is 15.2. The van der Waals surface area contributed by atoms with Crippen molar-refractivity contribution >= 4 is 45.7 Å². The summed E-state index contributed by atoms with van der Waals surface area (Å²) in [5.41, 5.74) is 5.73. The van der Waals surface area contributed by atoms with Crippen LogP contribution in [0.5, 0.6) is 0 Å². The average molecular weight is 518 g/mol. The molecule has 37 heavy (non-hydrogen) atoms. The smallest absolute Gasteiger partial charge is 0.252 e. The predicted octanol–water partition coefficient (Wildman–Crippen LogP) is 4.09. The minimum Gasteiger partial charge on any atom is -0.378 e. The lowest BCUT2D eigenvalue weighted by Gasteiger charge is -2.28. The van der Waals surface area contributed by atoms with Gasteiger partial charge in [-0.3, -0.25) is 9.79 Å². The lowest BCUT2D eigenvalue weighted by Crippen LogP contribution is -2.36. The SMILES string of the molecule is C=C(/C=N\C=C/C)C(=O)NC(C)c1cc2nc(-c3ccccc3/C=N\NC)nc(N3CCOCC3)c2s1. The van der Waals surface area contributed by atoms with Gasteiger partial charge >= 0.3 is 0 Å². The number of amides is 1. The number of hydrogen-bond acceptors (Lipinski definition) is 9. The molecule has 1 atom stereocenters. The fourth-order valence-electron chi connectivity index (χ4n) is 3.84. The maximum atomic E-state index is 12.6. The van der Waals surface area contributed by atoms with E-state index in [-0.39, 0.29) is 11.9 Å². The zero-order valence-electron chi connectivity index (χ0n) is 21.3. The average Bonchev–Trinajstić information content (AvgIpc) is 3.36. The molecule has 192 valence electrons. The fourth-order valence-corrected chi connectivity index (χ4v) is 4.96. The van der Waals surface area contributed by atoms with Gasteiger partial charge in [-0.2, -0.15) is 5.10 Å². The van der Waals surface area contributed by atoms with Crippen LogP contribution in [0.2, 0.25) is 0 Å². The molecule has 1 saturated heterocycles. The first-order valence-electron chi connectivity index (χ1n) is 12.1. The minimum absolute atomic E-state index is 0.241. The molecular weight excluding hydrogens is 486 g/mol. The Hall–Kier alpha value is -3.89. The van der Waals surface area contributed by atoms with Gasteiger partial charge in [-0.25, -0.2) is 9.97 Å². The van der Waals surface area contributed by atoms with Crippen LogP contribution in [0.15, 0.2) is 64.9 Å². The monoisotopic (exact) mass is 517 g/mol. The number of aliphatic imine (C=N–C) groups is 1. The Morgan fingerprint density at radius 3 is 2.81 bits per heavy atom. The number of ether oxygens (including phenoxy) is 1. The Morgan fingerprint density at radius 1 is 1.27 bits per heavy atom. The second kappa shape index (κ2) is 12.4. The van der Waals surface area contributed by atoms with Crippen molar-refractivity contribution < 1.29 is 9.53 Å². The molecule has 1 unspecified atom stereocenters. The highest BCUT2D eigenvalue weighted by Crippen LogP contribution is 2.37. The lowest BCUT2D eigenvalue weighted by atomic mass is 10.1. The van der Waals surface area contributed by atoms with Crippen molar-refractivity contribution in [2.45, 2.75) is 19.9 Å². The van der Waals surface area contributed by atoms with Crippen molar-refractivity contribution in [1.82, 2.24) is 20.7 Å². The molecule has 0 bridgehead atoms. The second-order valence-corrected chi connectivity index (χ2v) is 9.47. The number of thiophene rings is 1. The van der Waals surface area contributed by atoms with Gasteiger partial charge in [-0.1, -0.05) is 36.9 Å². The summed E-state index contributed by atoms with van der Waals surface area (Å²) < 4.78 is 6.56. The van der Waals surface area contributed by atoms with Gasteiger partial charge in [0.1, 0.15) is 0 Å². The van der Waals surface area contributed by atoms with Gasteiger partial charge < -0.3 is 20.4 Å². The van der Waals surface area contributed by atoms with Gasteiger partial charge in [0, 0.05) is 48.6 Å². The summed E-state index contributed by atoms with van der Waals surface area (Å²) >= 11 is 1.59. The van der Waals surface area contributed by atoms with Crippen LogP contribution in [0.25, 0.3) is 21.6 Å². The Balaban J connectivity index is 1.72. The lowest BCUT2D eigenvalue weighted by molar-refractivity contribution is -0.117. The molecule has 0 radical (unpaired) electrons. The van der Waals surface area contributed by atoms with Crippen molar-refractivity contribution in [3.63, 3.8) is 0 Å². The minimum atomic E-state index is -0.267. The van der Waals surface area contributed by atoms with Crippen molar-refractivity contribution in [2.24, 2.45) is 10.1 Å². The quantitative estimate of drug-likeness (QED) is 0.252. The molecule has 0 aliphatic carbocycles. The third-order valence-corrected chi connectivity index (χ3v) is 7.05. The molecule has 10 heteroatoms. The van der Waals surface area contributed by atoms with Crippen LogP contribution >= 0.6 is 11.3 Å². The highest BCUT2D eigenvalue weighted by Gasteiger charge is 2.22. The summed E-state index contributed by atoms with van der Waals surface area (Å²) in [5.74, 6) is 1.24. The number of fused-ring (bicyclic) bond motifs is 1. The fraction of sp³-hybridized carbons (Fsp3) is 0.296. The molecule has 9 nitrogen and oxygen atoms in total. The summed E-state index contributed by atoms with van der Waals surface area (Å²) in [4.78, 5) is 29.9. The Morgan fingerprint density at radius 2 is 2.05 bits per heavy atom. The number of carbonyl (C=O) groups excluding carboxylic acids is 1. The summed E-state index contributed by atoms with van der Waals surface area (Å²) in [6, 6.07) is 9.71. The predicted molar refractivity (Wildman–Crippen MR) is 152 cm³/mol. The topological polar surface area (TPSA) is 104 Å². The third kappa shape index (κ3) is 6.28. The standard InChI is InChI=1S/C27H31N7O2S/c1-5-10-29-16-18(2)27(35)31-19(3)23-15-22-24(37-23)26(34-11-13-36-14-12-34)33-25(32-22)21-9-7-6-8-20(21)17-30-28-4/h5-10,15-17,19,28H,2,11-14H2,1,3-4H3,(H,31,35)/b10-5-,29-16-,30-17-. The number of hydrogen-bond donors (Lipinski definition) is 2. The number of aromatic nitrogens is 2. The van der Waals surface area contributed by atoms with E-state index in [1.807, 2.05) is 44.2 Å². The Kier molecular flexibility index (Phi) is 8.76. The second-order valence-electron chi connectivity index (χ2n) is 8.38. The van der Waals surface area contributed by atoms with E-state index in [9.17, 15) is 4.79 Å². The van der Waals surface area contributed by atoms with E-state index in [1.165, 1.54) is 6.21 Å². The molecule has 0 spiro atoms. The van der Waals surface area contributed by atoms with Gasteiger partial charge in [-0.05, 0) is 19.9 Å². The van der Waals surface area contributed by atoms with Crippen molar-refractivity contribution in [3.8, 4) is 11.4 Å². The van der Waals surface area contributed by atoms with Crippen LogP contribution in [-0.4, -0.2) is 61.7 Å². The first-order valence-corrected chi connectivity index (χ1v) is 12.9. The van der Waals surface area contributed by atoms with E-state index in [4.69, 9.17) is 14.7 Å². The third-order valence-electron chi connectivity index (χ3n) is 5.75. The number of nitrogens with one attached hydrogen (secondary N) is 2. The van der Waals surface area contributed by atoms with Gasteiger partial charge in [0.05, 0.1) is 41.3 Å². The summed E-state index contributed by atoms with van der Waals surface area (Å²) in [7, 11) is 1.76. The van der Waals surface area contributed by atoms with E-state index >= 15 is 0 Å². The summed E-state index contributed by atoms with van der Waals surface area (Å²) in [5, 5.41) is 7.19. The summed E-state index contributed by atoms with van der Waals surface area (Å²) in [6.07, 6.45) is 6.62. The van der Waals surface area contributed by atoms with E-state index in [2.05, 4.69) is 32.3 Å². The zero-order valence-corrected chi connectivity index (χ0v) is 22.1. The molecule has 3 heterocycles. The largest absolute Gasteiger partial charge is 0.378 e. The number of morpholine rings is 1. The van der Waals surface area contributed by atoms with Crippen molar-refractivity contribution in [3.05, 3.63) is 65.2 Å². The Bertz CT molecular complexity index is 1360. The number of hydrazone groups is 1.